The van der Waals surface area contributed by atoms with Crippen LogP contribution in [0.5, 0.6) is 0 Å². The van der Waals surface area contributed by atoms with Gasteiger partial charge in [-0.25, -0.2) is 0 Å². The van der Waals surface area contributed by atoms with E-state index in [1.807, 2.05) is 12.1 Å². The Morgan fingerprint density at radius 3 is 3.00 bits per heavy atom. The summed E-state index contributed by atoms with van der Waals surface area (Å²) < 4.78 is 1.10. The molecular formula is C9H12BrClN2OS2. The molecule has 1 aromatic rings. The van der Waals surface area contributed by atoms with Crippen LogP contribution in [0.2, 0.25) is 0 Å². The summed E-state index contributed by atoms with van der Waals surface area (Å²) in [5.74, 6) is 1.85. The van der Waals surface area contributed by atoms with E-state index in [4.69, 9.17) is 0 Å². The maximum atomic E-state index is 11.6. The second kappa shape index (κ2) is 6.86. The average Bonchev–Trinajstić information content (AvgIpc) is 2.84. The van der Waals surface area contributed by atoms with Crippen LogP contribution in [0.15, 0.2) is 15.9 Å². The molecule has 2 heterocycles. The molecule has 3 nitrogen and oxygen atoms in total. The standard InChI is InChI=1S/C9H11BrN2OS2.ClH/c10-8-2-1-6(15-8)3-11-9(13)7-4-14-5-12-7;/h1-2,7,12H,3-5H2,(H,11,13);1H/t7-;/m1./s1. The highest BCUT2D eigenvalue weighted by molar-refractivity contribution is 9.11. The predicted octanol–water partition coefficient (Wildman–Crippen LogP) is 2.21. The number of thiophene rings is 1. The molecule has 1 atom stereocenters. The maximum Gasteiger partial charge on any atom is 0.238 e. The normalized spacial score (nSPS) is 19.2. The first-order valence-corrected chi connectivity index (χ1v) is 7.35. The van der Waals surface area contributed by atoms with E-state index in [1.54, 1.807) is 23.1 Å². The summed E-state index contributed by atoms with van der Waals surface area (Å²) in [5.41, 5.74) is 0. The van der Waals surface area contributed by atoms with Crippen LogP contribution in [0.25, 0.3) is 0 Å². The highest BCUT2D eigenvalue weighted by atomic mass is 79.9. The molecule has 0 saturated carbocycles. The number of halogens is 2. The lowest BCUT2D eigenvalue weighted by Crippen LogP contribution is -2.41. The van der Waals surface area contributed by atoms with Gasteiger partial charge in [0, 0.05) is 16.5 Å². The van der Waals surface area contributed by atoms with Gasteiger partial charge in [-0.05, 0) is 28.1 Å². The van der Waals surface area contributed by atoms with Gasteiger partial charge >= 0.3 is 0 Å². The zero-order chi connectivity index (χ0) is 10.7. The van der Waals surface area contributed by atoms with E-state index < -0.39 is 0 Å². The number of nitrogens with one attached hydrogen (secondary N) is 2. The van der Waals surface area contributed by atoms with Crippen LogP contribution in [0.1, 0.15) is 4.88 Å². The van der Waals surface area contributed by atoms with E-state index in [9.17, 15) is 4.79 Å². The summed E-state index contributed by atoms with van der Waals surface area (Å²) >= 11 is 6.80. The molecule has 1 aliphatic heterocycles. The van der Waals surface area contributed by atoms with E-state index >= 15 is 0 Å². The molecule has 90 valence electrons. The van der Waals surface area contributed by atoms with Crippen molar-refractivity contribution >= 4 is 57.3 Å². The van der Waals surface area contributed by atoms with Crippen LogP contribution in [0, 0.1) is 0 Å². The third-order valence-electron chi connectivity index (χ3n) is 2.10. The van der Waals surface area contributed by atoms with Gasteiger partial charge in [0.25, 0.3) is 0 Å². The fourth-order valence-corrected chi connectivity index (χ4v) is 3.67. The van der Waals surface area contributed by atoms with Crippen molar-refractivity contribution in [2.75, 3.05) is 11.6 Å². The van der Waals surface area contributed by atoms with Gasteiger partial charge in [-0.15, -0.1) is 35.5 Å². The van der Waals surface area contributed by atoms with E-state index in [-0.39, 0.29) is 24.4 Å². The SMILES string of the molecule is Cl.O=C(NCc1ccc(Br)s1)[C@H]1CSCN1. The van der Waals surface area contributed by atoms with Crippen LogP contribution in [0.4, 0.5) is 0 Å². The molecular weight excluding hydrogens is 332 g/mol. The second-order valence-corrected chi connectivity index (χ2v) is 6.77. The second-order valence-electron chi connectivity index (χ2n) is 3.20. The van der Waals surface area contributed by atoms with E-state index in [0.29, 0.717) is 6.54 Å². The summed E-state index contributed by atoms with van der Waals surface area (Å²) in [7, 11) is 0. The minimum atomic E-state index is -0.0154. The van der Waals surface area contributed by atoms with Gasteiger partial charge in [0.1, 0.15) is 0 Å². The van der Waals surface area contributed by atoms with Gasteiger partial charge in [0.2, 0.25) is 5.91 Å². The number of hydrogen-bond acceptors (Lipinski definition) is 4. The van der Waals surface area contributed by atoms with Crippen molar-refractivity contribution in [2.24, 2.45) is 0 Å². The number of carbonyl (C=O) groups excluding carboxylic acids is 1. The van der Waals surface area contributed by atoms with Gasteiger partial charge < -0.3 is 5.32 Å². The molecule has 7 heteroatoms. The average molecular weight is 344 g/mol. The predicted molar refractivity (Wildman–Crippen MR) is 75.4 cm³/mol. The van der Waals surface area contributed by atoms with Gasteiger partial charge in [0.05, 0.1) is 16.4 Å². The minimum absolute atomic E-state index is 0. The Labute approximate surface area is 117 Å². The van der Waals surface area contributed by atoms with Gasteiger partial charge in [0.15, 0.2) is 0 Å². The van der Waals surface area contributed by atoms with Crippen LogP contribution in [-0.4, -0.2) is 23.6 Å². The minimum Gasteiger partial charge on any atom is -0.350 e. The monoisotopic (exact) mass is 342 g/mol. The molecule has 2 rings (SSSR count). The fraction of sp³-hybridized carbons (Fsp3) is 0.444. The smallest absolute Gasteiger partial charge is 0.238 e. The zero-order valence-corrected chi connectivity index (χ0v) is 12.4. The van der Waals surface area contributed by atoms with Gasteiger partial charge in [-0.2, -0.15) is 0 Å². The number of rotatable bonds is 3. The summed E-state index contributed by atoms with van der Waals surface area (Å²) in [4.78, 5) is 12.8. The fourth-order valence-electron chi connectivity index (χ4n) is 1.31. The summed E-state index contributed by atoms with van der Waals surface area (Å²) in [6, 6.07) is 4.00. The molecule has 0 aliphatic carbocycles. The highest BCUT2D eigenvalue weighted by Gasteiger charge is 2.21. The van der Waals surface area contributed by atoms with Crippen LogP contribution in [0.3, 0.4) is 0 Å². The quantitative estimate of drug-likeness (QED) is 0.884. The van der Waals surface area contributed by atoms with Crippen LogP contribution < -0.4 is 10.6 Å². The number of hydrogen-bond donors (Lipinski definition) is 2. The summed E-state index contributed by atoms with van der Waals surface area (Å²) in [6.07, 6.45) is 0. The molecule has 0 spiro atoms. The first kappa shape index (κ1) is 14.3. The molecule has 16 heavy (non-hydrogen) atoms. The molecule has 0 bridgehead atoms. The van der Waals surface area contributed by atoms with Crippen molar-refractivity contribution in [3.8, 4) is 0 Å². The molecule has 1 aromatic heterocycles. The number of amides is 1. The first-order chi connectivity index (χ1) is 7.25. The summed E-state index contributed by atoms with van der Waals surface area (Å²) in [6.45, 7) is 0.623. The number of thioether (sulfide) groups is 1. The van der Waals surface area contributed by atoms with E-state index in [2.05, 4.69) is 26.6 Å². The Bertz CT molecular complexity index is 355. The van der Waals surface area contributed by atoms with Crippen molar-refractivity contribution in [1.82, 2.24) is 10.6 Å². The third-order valence-corrected chi connectivity index (χ3v) is 4.66. The largest absolute Gasteiger partial charge is 0.350 e. The topological polar surface area (TPSA) is 41.1 Å². The molecule has 1 fully saturated rings. The highest BCUT2D eigenvalue weighted by Crippen LogP contribution is 2.21. The lowest BCUT2D eigenvalue weighted by molar-refractivity contribution is -0.122. The van der Waals surface area contributed by atoms with Crippen molar-refractivity contribution < 1.29 is 4.79 Å². The molecule has 2 N–H and O–H groups in total. The zero-order valence-electron chi connectivity index (χ0n) is 8.36. The van der Waals surface area contributed by atoms with Crippen molar-refractivity contribution in [2.45, 2.75) is 12.6 Å². The Balaban J connectivity index is 0.00000128. The maximum absolute atomic E-state index is 11.6. The van der Waals surface area contributed by atoms with Gasteiger partial charge in [-0.1, -0.05) is 0 Å². The summed E-state index contributed by atoms with van der Waals surface area (Å²) in [5, 5.41) is 6.07. The molecule has 1 aliphatic rings. The lowest BCUT2D eigenvalue weighted by atomic mass is 10.3. The molecule has 0 aromatic carbocycles. The Morgan fingerprint density at radius 1 is 1.62 bits per heavy atom. The van der Waals surface area contributed by atoms with E-state index in [1.165, 1.54) is 4.88 Å². The van der Waals surface area contributed by atoms with E-state index in [0.717, 1.165) is 15.4 Å². The van der Waals surface area contributed by atoms with Gasteiger partial charge in [-0.3, -0.25) is 10.1 Å². The van der Waals surface area contributed by atoms with Crippen LogP contribution >= 0.6 is 51.4 Å². The molecule has 0 radical (unpaired) electrons. The van der Waals surface area contributed by atoms with Crippen molar-refractivity contribution in [1.29, 1.82) is 0 Å². The number of carbonyl (C=O) groups is 1. The van der Waals surface area contributed by atoms with Crippen molar-refractivity contribution in [3.05, 3.63) is 20.8 Å². The Hall–Kier alpha value is 0.250. The lowest BCUT2D eigenvalue weighted by Gasteiger charge is -2.09. The molecule has 1 amide bonds. The molecule has 0 unspecified atom stereocenters. The van der Waals surface area contributed by atoms with Crippen LogP contribution in [-0.2, 0) is 11.3 Å². The third kappa shape index (κ3) is 3.92. The first-order valence-electron chi connectivity index (χ1n) is 4.59. The Morgan fingerprint density at radius 2 is 2.44 bits per heavy atom. The Kier molecular flexibility index (Phi) is 6.13. The van der Waals surface area contributed by atoms with Crippen molar-refractivity contribution in [3.63, 3.8) is 0 Å². The molecule has 1 saturated heterocycles.